The van der Waals surface area contributed by atoms with Crippen LogP contribution in [0.25, 0.3) is 0 Å². The molecular formula is C24H35N. The Kier molecular flexibility index (Phi) is 6.57. The van der Waals surface area contributed by atoms with Crippen LogP contribution in [0.1, 0.15) is 95.1 Å². The van der Waals surface area contributed by atoms with Crippen LogP contribution in [0.2, 0.25) is 0 Å². The van der Waals surface area contributed by atoms with Crippen LogP contribution in [-0.2, 0) is 0 Å². The van der Waals surface area contributed by atoms with Gasteiger partial charge in [-0.15, -0.1) is 0 Å². The number of benzene rings is 1. The van der Waals surface area contributed by atoms with E-state index in [9.17, 15) is 0 Å². The van der Waals surface area contributed by atoms with Crippen molar-refractivity contribution >= 4 is 0 Å². The Morgan fingerprint density at radius 2 is 1.48 bits per heavy atom. The van der Waals surface area contributed by atoms with Gasteiger partial charge in [-0.05, 0) is 85.8 Å². The molecule has 136 valence electrons. The van der Waals surface area contributed by atoms with Crippen LogP contribution in [-0.4, -0.2) is 0 Å². The molecule has 1 atom stereocenters. The van der Waals surface area contributed by atoms with Gasteiger partial charge in [0.15, 0.2) is 0 Å². The first-order chi connectivity index (χ1) is 12.2. The van der Waals surface area contributed by atoms with Gasteiger partial charge in [-0.3, -0.25) is 0 Å². The first kappa shape index (κ1) is 18.5. The van der Waals surface area contributed by atoms with E-state index in [0.29, 0.717) is 0 Å². The monoisotopic (exact) mass is 337 g/mol. The highest BCUT2D eigenvalue weighted by Crippen LogP contribution is 2.44. The van der Waals surface area contributed by atoms with Gasteiger partial charge in [0.2, 0.25) is 0 Å². The number of hydrogen-bond donors (Lipinski definition) is 0. The normalized spacial score (nSPS) is 31.2. The van der Waals surface area contributed by atoms with Crippen LogP contribution in [0.5, 0.6) is 0 Å². The van der Waals surface area contributed by atoms with E-state index >= 15 is 0 Å². The van der Waals surface area contributed by atoms with Crippen molar-refractivity contribution in [3.63, 3.8) is 0 Å². The molecule has 2 fully saturated rings. The van der Waals surface area contributed by atoms with E-state index in [2.05, 4.69) is 32.0 Å². The highest BCUT2D eigenvalue weighted by Gasteiger charge is 2.32. The lowest BCUT2D eigenvalue weighted by atomic mass is 9.66. The highest BCUT2D eigenvalue weighted by molar-refractivity contribution is 5.33. The van der Waals surface area contributed by atoms with Gasteiger partial charge in [-0.25, -0.2) is 0 Å². The second-order valence-electron chi connectivity index (χ2n) is 8.77. The molecule has 0 saturated heterocycles. The Hall–Kier alpha value is -1.29. The molecule has 0 aliphatic heterocycles. The SMILES string of the molecule is CCCC1CCC(C(C)C2CCC(c3ccc(C#N)cc3)CC2)CC1. The van der Waals surface area contributed by atoms with Gasteiger partial charge in [0, 0.05) is 0 Å². The molecule has 0 amide bonds. The minimum absolute atomic E-state index is 0.719. The summed E-state index contributed by atoms with van der Waals surface area (Å²) in [4.78, 5) is 0. The first-order valence-corrected chi connectivity index (χ1v) is 10.7. The molecule has 1 aromatic carbocycles. The van der Waals surface area contributed by atoms with E-state index in [1.54, 1.807) is 0 Å². The third-order valence-electron chi connectivity index (χ3n) is 7.36. The van der Waals surface area contributed by atoms with Gasteiger partial charge in [-0.2, -0.15) is 5.26 Å². The maximum atomic E-state index is 8.95. The molecule has 0 N–H and O–H groups in total. The molecule has 3 rings (SSSR count). The van der Waals surface area contributed by atoms with E-state index < -0.39 is 0 Å². The first-order valence-electron chi connectivity index (χ1n) is 10.7. The highest BCUT2D eigenvalue weighted by atomic mass is 14.4. The van der Waals surface area contributed by atoms with E-state index in [0.717, 1.165) is 35.2 Å². The van der Waals surface area contributed by atoms with E-state index in [-0.39, 0.29) is 0 Å². The topological polar surface area (TPSA) is 23.8 Å². The molecule has 25 heavy (non-hydrogen) atoms. The maximum absolute atomic E-state index is 8.95. The lowest BCUT2D eigenvalue weighted by molar-refractivity contribution is 0.132. The zero-order valence-corrected chi connectivity index (χ0v) is 16.2. The maximum Gasteiger partial charge on any atom is 0.0991 e. The molecule has 0 bridgehead atoms. The summed E-state index contributed by atoms with van der Waals surface area (Å²) >= 11 is 0. The summed E-state index contributed by atoms with van der Waals surface area (Å²) in [6.45, 7) is 4.89. The van der Waals surface area contributed by atoms with Crippen LogP contribution >= 0.6 is 0 Å². The smallest absolute Gasteiger partial charge is 0.0991 e. The van der Waals surface area contributed by atoms with Crippen molar-refractivity contribution < 1.29 is 0 Å². The summed E-state index contributed by atoms with van der Waals surface area (Å²) in [5.41, 5.74) is 2.23. The molecule has 1 unspecified atom stereocenters. The quantitative estimate of drug-likeness (QED) is 0.563. The predicted molar refractivity (Wildman–Crippen MR) is 105 cm³/mol. The number of nitriles is 1. The third-order valence-corrected chi connectivity index (χ3v) is 7.36. The molecule has 0 heterocycles. The van der Waals surface area contributed by atoms with Gasteiger partial charge < -0.3 is 0 Å². The molecule has 1 nitrogen and oxygen atoms in total. The fourth-order valence-corrected chi connectivity index (χ4v) is 5.60. The summed E-state index contributed by atoms with van der Waals surface area (Å²) in [5.74, 6) is 4.61. The van der Waals surface area contributed by atoms with Gasteiger partial charge in [0.1, 0.15) is 0 Å². The van der Waals surface area contributed by atoms with Crippen LogP contribution in [0.3, 0.4) is 0 Å². The molecule has 2 aliphatic rings. The average molecular weight is 338 g/mol. The van der Waals surface area contributed by atoms with Gasteiger partial charge in [0.05, 0.1) is 11.6 Å². The van der Waals surface area contributed by atoms with E-state index in [4.69, 9.17) is 5.26 Å². The van der Waals surface area contributed by atoms with Crippen molar-refractivity contribution in [1.82, 2.24) is 0 Å². The van der Waals surface area contributed by atoms with Gasteiger partial charge in [-0.1, -0.05) is 51.7 Å². The van der Waals surface area contributed by atoms with Crippen molar-refractivity contribution in [2.45, 2.75) is 84.0 Å². The summed E-state index contributed by atoms with van der Waals surface area (Å²) in [7, 11) is 0. The summed E-state index contributed by atoms with van der Waals surface area (Å²) in [6, 6.07) is 10.6. The lowest BCUT2D eigenvalue weighted by Crippen LogP contribution is -2.28. The Morgan fingerprint density at radius 1 is 0.920 bits per heavy atom. The van der Waals surface area contributed by atoms with Crippen LogP contribution in [0.15, 0.2) is 24.3 Å². The Balaban J connectivity index is 1.47. The van der Waals surface area contributed by atoms with Crippen LogP contribution in [0.4, 0.5) is 0 Å². The molecule has 0 radical (unpaired) electrons. The zero-order chi connectivity index (χ0) is 17.6. The Bertz CT molecular complexity index is 551. The molecule has 0 spiro atoms. The van der Waals surface area contributed by atoms with Gasteiger partial charge >= 0.3 is 0 Å². The number of rotatable bonds is 5. The number of hydrogen-bond acceptors (Lipinski definition) is 1. The van der Waals surface area contributed by atoms with Crippen molar-refractivity contribution in [2.24, 2.45) is 23.7 Å². The fourth-order valence-electron chi connectivity index (χ4n) is 5.60. The zero-order valence-electron chi connectivity index (χ0n) is 16.2. The van der Waals surface area contributed by atoms with E-state index in [1.807, 2.05) is 12.1 Å². The number of nitrogens with zero attached hydrogens (tertiary/aromatic N) is 1. The molecule has 0 aromatic heterocycles. The van der Waals surface area contributed by atoms with Crippen molar-refractivity contribution in [3.05, 3.63) is 35.4 Å². The molecule has 1 aromatic rings. The summed E-state index contributed by atoms with van der Waals surface area (Å²) < 4.78 is 0. The third kappa shape index (κ3) is 4.66. The Morgan fingerprint density at radius 3 is 2.00 bits per heavy atom. The molecular weight excluding hydrogens is 302 g/mol. The second kappa shape index (κ2) is 8.88. The van der Waals surface area contributed by atoms with Crippen molar-refractivity contribution in [1.29, 1.82) is 5.26 Å². The van der Waals surface area contributed by atoms with Gasteiger partial charge in [0.25, 0.3) is 0 Å². The summed E-state index contributed by atoms with van der Waals surface area (Å²) in [6.07, 6.45) is 14.3. The second-order valence-corrected chi connectivity index (χ2v) is 8.77. The fraction of sp³-hybridized carbons (Fsp3) is 0.708. The summed E-state index contributed by atoms with van der Waals surface area (Å²) in [5, 5.41) is 8.95. The minimum Gasteiger partial charge on any atom is -0.192 e. The largest absolute Gasteiger partial charge is 0.192 e. The van der Waals surface area contributed by atoms with Crippen molar-refractivity contribution in [3.8, 4) is 6.07 Å². The Labute approximate surface area is 154 Å². The minimum atomic E-state index is 0.719. The van der Waals surface area contributed by atoms with Crippen molar-refractivity contribution in [2.75, 3.05) is 0 Å². The standard InChI is InChI=1S/C24H35N/c1-3-4-19-5-9-21(10-6-19)18(2)22-13-15-24(16-14-22)23-11-7-20(17-25)8-12-23/h7-8,11-12,18-19,21-22,24H,3-6,9-10,13-16H2,1-2H3. The average Bonchev–Trinajstić information content (AvgIpc) is 2.68. The molecule has 2 saturated carbocycles. The predicted octanol–water partition coefficient (Wildman–Crippen LogP) is 7.07. The molecule has 1 heteroatoms. The van der Waals surface area contributed by atoms with Crippen LogP contribution < -0.4 is 0 Å². The van der Waals surface area contributed by atoms with Crippen LogP contribution in [0, 0.1) is 35.0 Å². The van der Waals surface area contributed by atoms with E-state index in [1.165, 1.54) is 69.8 Å². The lowest BCUT2D eigenvalue weighted by Gasteiger charge is -2.39. The molecule has 2 aliphatic carbocycles.